The molecule has 0 saturated heterocycles. The molecule has 0 saturated carbocycles. The fourth-order valence-corrected chi connectivity index (χ4v) is 2.50. The standard InChI is InChI=1S/C15H18N2O/c16-11-14-2-1-7-17(14)8-5-12-3-4-15-13(10-12)6-9-18-15/h1-4,7,10H,5-6,8-9,11,16H2. The molecule has 94 valence electrons. The Labute approximate surface area is 107 Å². The molecule has 0 bridgehead atoms. The van der Waals surface area contributed by atoms with Crippen LogP contribution in [-0.2, 0) is 25.9 Å². The van der Waals surface area contributed by atoms with Gasteiger partial charge in [0.1, 0.15) is 5.75 Å². The van der Waals surface area contributed by atoms with Gasteiger partial charge in [0.15, 0.2) is 0 Å². The van der Waals surface area contributed by atoms with E-state index >= 15 is 0 Å². The summed E-state index contributed by atoms with van der Waals surface area (Å²) in [6.45, 7) is 2.41. The van der Waals surface area contributed by atoms with Crippen molar-refractivity contribution >= 4 is 0 Å². The van der Waals surface area contributed by atoms with Gasteiger partial charge in [-0.25, -0.2) is 0 Å². The van der Waals surface area contributed by atoms with Crippen molar-refractivity contribution in [1.82, 2.24) is 4.57 Å². The first-order valence-electron chi connectivity index (χ1n) is 6.45. The molecule has 0 spiro atoms. The van der Waals surface area contributed by atoms with Crippen LogP contribution in [0.4, 0.5) is 0 Å². The highest BCUT2D eigenvalue weighted by atomic mass is 16.5. The summed E-state index contributed by atoms with van der Waals surface area (Å²) in [5.74, 6) is 1.06. The Hall–Kier alpha value is -1.74. The molecule has 3 rings (SSSR count). The van der Waals surface area contributed by atoms with Crippen molar-refractivity contribution in [2.75, 3.05) is 6.61 Å². The molecule has 3 heteroatoms. The molecule has 1 aromatic carbocycles. The number of hydrogen-bond acceptors (Lipinski definition) is 2. The smallest absolute Gasteiger partial charge is 0.122 e. The molecule has 0 amide bonds. The lowest BCUT2D eigenvalue weighted by Crippen LogP contribution is -2.08. The second-order valence-corrected chi connectivity index (χ2v) is 4.69. The van der Waals surface area contributed by atoms with Gasteiger partial charge in [0.25, 0.3) is 0 Å². The summed E-state index contributed by atoms with van der Waals surface area (Å²) in [7, 11) is 0. The predicted molar refractivity (Wildman–Crippen MR) is 71.7 cm³/mol. The number of aryl methyl sites for hydroxylation is 2. The van der Waals surface area contributed by atoms with E-state index < -0.39 is 0 Å². The topological polar surface area (TPSA) is 40.2 Å². The van der Waals surface area contributed by atoms with E-state index in [4.69, 9.17) is 10.5 Å². The number of fused-ring (bicyclic) bond motifs is 1. The van der Waals surface area contributed by atoms with Crippen molar-refractivity contribution < 1.29 is 4.74 Å². The third-order valence-electron chi connectivity index (χ3n) is 3.53. The number of nitrogens with zero attached hydrogens (tertiary/aromatic N) is 1. The Balaban J connectivity index is 1.70. The molecular weight excluding hydrogens is 224 g/mol. The van der Waals surface area contributed by atoms with Gasteiger partial charge in [-0.3, -0.25) is 0 Å². The average Bonchev–Trinajstić information content (AvgIpc) is 3.04. The fourth-order valence-electron chi connectivity index (χ4n) is 2.50. The number of ether oxygens (including phenoxy) is 1. The molecule has 1 aromatic heterocycles. The second-order valence-electron chi connectivity index (χ2n) is 4.69. The molecule has 2 aromatic rings. The molecular formula is C15H18N2O. The van der Waals surface area contributed by atoms with Crippen molar-refractivity contribution in [1.29, 1.82) is 0 Å². The number of nitrogens with two attached hydrogens (primary N) is 1. The van der Waals surface area contributed by atoms with Crippen LogP contribution in [0.3, 0.4) is 0 Å². The zero-order valence-corrected chi connectivity index (χ0v) is 10.4. The molecule has 3 nitrogen and oxygen atoms in total. The van der Waals surface area contributed by atoms with Crippen molar-refractivity contribution in [2.24, 2.45) is 5.73 Å². The molecule has 0 atom stereocenters. The van der Waals surface area contributed by atoms with Crippen LogP contribution in [0.15, 0.2) is 36.5 Å². The zero-order chi connectivity index (χ0) is 12.4. The van der Waals surface area contributed by atoms with Gasteiger partial charge in [-0.1, -0.05) is 12.1 Å². The Morgan fingerprint density at radius 2 is 2.22 bits per heavy atom. The minimum absolute atomic E-state index is 0.602. The second kappa shape index (κ2) is 4.86. The van der Waals surface area contributed by atoms with Crippen LogP contribution in [0, 0.1) is 0 Å². The Bertz CT molecular complexity index is 545. The Kier molecular flexibility index (Phi) is 3.07. The molecule has 2 N–H and O–H groups in total. The molecule has 0 radical (unpaired) electrons. The molecule has 0 fully saturated rings. The van der Waals surface area contributed by atoms with E-state index in [-0.39, 0.29) is 0 Å². The molecule has 0 aliphatic carbocycles. The van der Waals surface area contributed by atoms with E-state index in [1.54, 1.807) is 0 Å². The van der Waals surface area contributed by atoms with Gasteiger partial charge in [0.05, 0.1) is 6.61 Å². The zero-order valence-electron chi connectivity index (χ0n) is 10.4. The highest BCUT2D eigenvalue weighted by molar-refractivity contribution is 5.39. The van der Waals surface area contributed by atoms with Crippen molar-refractivity contribution in [3.63, 3.8) is 0 Å². The van der Waals surface area contributed by atoms with Crippen molar-refractivity contribution in [3.05, 3.63) is 53.3 Å². The highest BCUT2D eigenvalue weighted by Gasteiger charge is 2.11. The Morgan fingerprint density at radius 3 is 3.11 bits per heavy atom. The van der Waals surface area contributed by atoms with E-state index in [0.29, 0.717) is 6.54 Å². The first-order valence-corrected chi connectivity index (χ1v) is 6.45. The van der Waals surface area contributed by atoms with Gasteiger partial charge in [-0.15, -0.1) is 0 Å². The average molecular weight is 242 g/mol. The summed E-state index contributed by atoms with van der Waals surface area (Å²) in [6, 6.07) is 10.7. The van der Waals surface area contributed by atoms with Gasteiger partial charge in [0.2, 0.25) is 0 Å². The lowest BCUT2D eigenvalue weighted by atomic mass is 10.1. The number of aromatic nitrogens is 1. The van der Waals surface area contributed by atoms with Gasteiger partial charge < -0.3 is 15.0 Å². The minimum atomic E-state index is 0.602. The number of hydrogen-bond donors (Lipinski definition) is 1. The number of benzene rings is 1. The van der Waals surface area contributed by atoms with E-state index in [0.717, 1.165) is 31.7 Å². The molecule has 0 unspecified atom stereocenters. The summed E-state index contributed by atoms with van der Waals surface area (Å²) in [5, 5.41) is 0. The number of rotatable bonds is 4. The van der Waals surface area contributed by atoms with Crippen molar-refractivity contribution in [3.8, 4) is 5.75 Å². The summed E-state index contributed by atoms with van der Waals surface area (Å²) >= 11 is 0. The van der Waals surface area contributed by atoms with Crippen LogP contribution >= 0.6 is 0 Å². The van der Waals surface area contributed by atoms with E-state index in [2.05, 4.69) is 41.1 Å². The minimum Gasteiger partial charge on any atom is -0.493 e. The maximum absolute atomic E-state index is 5.70. The van der Waals surface area contributed by atoms with Gasteiger partial charge in [-0.05, 0) is 35.7 Å². The normalized spacial score (nSPS) is 13.4. The van der Waals surface area contributed by atoms with Crippen molar-refractivity contribution in [2.45, 2.75) is 25.9 Å². The first-order chi connectivity index (χ1) is 8.86. The van der Waals surface area contributed by atoms with Crippen LogP contribution < -0.4 is 10.5 Å². The van der Waals surface area contributed by atoms with Crippen LogP contribution in [0.25, 0.3) is 0 Å². The molecule has 18 heavy (non-hydrogen) atoms. The van der Waals surface area contributed by atoms with E-state index in [1.807, 2.05) is 0 Å². The Morgan fingerprint density at radius 1 is 1.28 bits per heavy atom. The maximum Gasteiger partial charge on any atom is 0.122 e. The van der Waals surface area contributed by atoms with Crippen LogP contribution in [-0.4, -0.2) is 11.2 Å². The predicted octanol–water partition coefficient (Wildman–Crippen LogP) is 2.12. The summed E-state index contributed by atoms with van der Waals surface area (Å²) in [5.41, 5.74) is 9.61. The third-order valence-corrected chi connectivity index (χ3v) is 3.53. The van der Waals surface area contributed by atoms with Gasteiger partial charge in [0, 0.05) is 31.4 Å². The maximum atomic E-state index is 5.70. The summed E-state index contributed by atoms with van der Waals surface area (Å²) in [6.07, 6.45) is 4.17. The SMILES string of the molecule is NCc1cccn1CCc1ccc2c(c1)CCO2. The third kappa shape index (κ3) is 2.14. The molecule has 2 heterocycles. The highest BCUT2D eigenvalue weighted by Crippen LogP contribution is 2.26. The first kappa shape index (κ1) is 11.4. The van der Waals surface area contributed by atoms with Crippen LogP contribution in [0.5, 0.6) is 5.75 Å². The summed E-state index contributed by atoms with van der Waals surface area (Å²) in [4.78, 5) is 0. The van der Waals surface area contributed by atoms with Crippen LogP contribution in [0.1, 0.15) is 16.8 Å². The summed E-state index contributed by atoms with van der Waals surface area (Å²) < 4.78 is 7.74. The largest absolute Gasteiger partial charge is 0.493 e. The van der Waals surface area contributed by atoms with E-state index in [9.17, 15) is 0 Å². The van der Waals surface area contributed by atoms with Crippen LogP contribution in [0.2, 0.25) is 0 Å². The monoisotopic (exact) mass is 242 g/mol. The fraction of sp³-hybridized carbons (Fsp3) is 0.333. The lowest BCUT2D eigenvalue weighted by Gasteiger charge is -2.08. The van der Waals surface area contributed by atoms with E-state index in [1.165, 1.54) is 16.8 Å². The molecule has 1 aliphatic rings. The lowest BCUT2D eigenvalue weighted by molar-refractivity contribution is 0.357. The van der Waals surface area contributed by atoms with Gasteiger partial charge >= 0.3 is 0 Å². The quantitative estimate of drug-likeness (QED) is 0.892. The van der Waals surface area contributed by atoms with Gasteiger partial charge in [-0.2, -0.15) is 0 Å². The molecule has 1 aliphatic heterocycles.